The van der Waals surface area contributed by atoms with Crippen molar-refractivity contribution in [2.75, 3.05) is 26.2 Å². The number of aryl methyl sites for hydroxylation is 1. The fourth-order valence-corrected chi connectivity index (χ4v) is 4.99. The first-order valence-corrected chi connectivity index (χ1v) is 9.93. The maximum Gasteiger partial charge on any atom is 0.253 e. The van der Waals surface area contributed by atoms with Gasteiger partial charge in [0, 0.05) is 37.8 Å². The van der Waals surface area contributed by atoms with E-state index in [-0.39, 0.29) is 36.2 Å². The zero-order valence-electron chi connectivity index (χ0n) is 16.0. The van der Waals surface area contributed by atoms with E-state index in [1.54, 1.807) is 0 Å². The van der Waals surface area contributed by atoms with E-state index in [1.807, 2.05) is 41.0 Å². The van der Waals surface area contributed by atoms with Crippen molar-refractivity contribution < 1.29 is 9.59 Å². The molecule has 0 spiro atoms. The van der Waals surface area contributed by atoms with Gasteiger partial charge in [0.25, 0.3) is 5.91 Å². The Morgan fingerprint density at radius 1 is 1.00 bits per heavy atom. The van der Waals surface area contributed by atoms with Crippen molar-refractivity contribution in [1.29, 1.82) is 0 Å². The number of halogens is 1. The maximum atomic E-state index is 13.0. The summed E-state index contributed by atoms with van der Waals surface area (Å²) in [5.41, 5.74) is 8.06. The van der Waals surface area contributed by atoms with Crippen LogP contribution in [0.15, 0.2) is 24.3 Å². The average Bonchev–Trinajstić information content (AvgIpc) is 3.23. The van der Waals surface area contributed by atoms with E-state index in [0.29, 0.717) is 23.9 Å². The molecule has 148 valence electrons. The number of fused-ring (bicyclic) bond motifs is 1. The molecule has 4 unspecified atom stereocenters. The Balaban J connectivity index is 0.00000210. The van der Waals surface area contributed by atoms with E-state index >= 15 is 0 Å². The first-order valence-electron chi connectivity index (χ1n) is 9.93. The molecule has 3 fully saturated rings. The lowest BCUT2D eigenvalue weighted by atomic mass is 9.95. The fourth-order valence-electron chi connectivity index (χ4n) is 4.99. The molecule has 2 heterocycles. The lowest BCUT2D eigenvalue weighted by Crippen LogP contribution is -2.46. The van der Waals surface area contributed by atoms with E-state index in [2.05, 4.69) is 0 Å². The van der Waals surface area contributed by atoms with Gasteiger partial charge in [-0.2, -0.15) is 0 Å². The number of nitrogens with two attached hydrogens (primary N) is 1. The van der Waals surface area contributed by atoms with Crippen molar-refractivity contribution in [2.24, 2.45) is 23.5 Å². The summed E-state index contributed by atoms with van der Waals surface area (Å²) in [6, 6.07) is 7.94. The summed E-state index contributed by atoms with van der Waals surface area (Å²) in [5, 5.41) is 0. The van der Waals surface area contributed by atoms with Crippen LogP contribution in [0.5, 0.6) is 0 Å². The Morgan fingerprint density at radius 2 is 1.74 bits per heavy atom. The van der Waals surface area contributed by atoms with E-state index in [1.165, 1.54) is 0 Å². The number of hydrogen-bond acceptors (Lipinski definition) is 3. The molecule has 0 aromatic heterocycles. The Labute approximate surface area is 167 Å². The number of likely N-dealkylation sites (tertiary alicyclic amines) is 2. The number of piperidine rings is 1. The summed E-state index contributed by atoms with van der Waals surface area (Å²) in [5.74, 6) is 1.28. The van der Waals surface area contributed by atoms with E-state index in [0.717, 1.165) is 50.9 Å². The third kappa shape index (κ3) is 3.99. The average molecular weight is 392 g/mol. The largest absolute Gasteiger partial charge is 0.342 e. The molecule has 4 rings (SSSR count). The highest BCUT2D eigenvalue weighted by atomic mass is 35.5. The summed E-state index contributed by atoms with van der Waals surface area (Å²) in [7, 11) is 0. The lowest BCUT2D eigenvalue weighted by Gasteiger charge is -2.34. The topological polar surface area (TPSA) is 66.6 Å². The summed E-state index contributed by atoms with van der Waals surface area (Å²) < 4.78 is 0. The van der Waals surface area contributed by atoms with Crippen LogP contribution in [-0.4, -0.2) is 53.8 Å². The van der Waals surface area contributed by atoms with Crippen LogP contribution in [0.1, 0.15) is 41.6 Å². The van der Waals surface area contributed by atoms with Crippen LogP contribution in [0.4, 0.5) is 0 Å². The Kier molecular flexibility index (Phi) is 6.11. The van der Waals surface area contributed by atoms with Gasteiger partial charge in [-0.15, -0.1) is 12.4 Å². The van der Waals surface area contributed by atoms with Gasteiger partial charge in [0.2, 0.25) is 5.91 Å². The maximum absolute atomic E-state index is 13.0. The molecule has 0 bridgehead atoms. The van der Waals surface area contributed by atoms with Gasteiger partial charge in [0.05, 0.1) is 5.92 Å². The summed E-state index contributed by atoms with van der Waals surface area (Å²) in [4.78, 5) is 29.7. The Hall–Kier alpha value is -1.59. The number of rotatable bonds is 2. The fraction of sp³-hybridized carbons (Fsp3) is 0.619. The predicted octanol–water partition coefficient (Wildman–Crippen LogP) is 2.46. The molecule has 2 N–H and O–H groups in total. The summed E-state index contributed by atoms with van der Waals surface area (Å²) in [6.45, 7) is 4.98. The Bertz CT molecular complexity index is 693. The van der Waals surface area contributed by atoms with E-state index < -0.39 is 0 Å². The minimum absolute atomic E-state index is 0. The highest BCUT2D eigenvalue weighted by Crippen LogP contribution is 2.38. The second-order valence-electron chi connectivity index (χ2n) is 8.36. The number of benzene rings is 1. The lowest BCUT2D eigenvalue weighted by molar-refractivity contribution is -0.136. The normalized spacial score (nSPS) is 30.0. The molecule has 4 atom stereocenters. The van der Waals surface area contributed by atoms with Crippen LogP contribution < -0.4 is 5.73 Å². The second kappa shape index (κ2) is 8.19. The third-order valence-corrected chi connectivity index (χ3v) is 6.58. The summed E-state index contributed by atoms with van der Waals surface area (Å²) in [6.07, 6.45) is 4.03. The van der Waals surface area contributed by atoms with Gasteiger partial charge in [-0.25, -0.2) is 0 Å². The van der Waals surface area contributed by atoms with Gasteiger partial charge in [0.15, 0.2) is 0 Å². The quantitative estimate of drug-likeness (QED) is 0.842. The predicted molar refractivity (Wildman–Crippen MR) is 108 cm³/mol. The highest BCUT2D eigenvalue weighted by molar-refractivity contribution is 5.94. The highest BCUT2D eigenvalue weighted by Gasteiger charge is 2.44. The van der Waals surface area contributed by atoms with E-state index in [9.17, 15) is 9.59 Å². The minimum atomic E-state index is -0.0619. The zero-order chi connectivity index (χ0) is 18.3. The van der Waals surface area contributed by atoms with Crippen molar-refractivity contribution >= 4 is 24.2 Å². The first-order chi connectivity index (χ1) is 12.5. The van der Waals surface area contributed by atoms with Gasteiger partial charge >= 0.3 is 0 Å². The first kappa shape index (κ1) is 20.2. The van der Waals surface area contributed by atoms with Crippen molar-refractivity contribution in [1.82, 2.24) is 9.80 Å². The van der Waals surface area contributed by atoms with Gasteiger partial charge in [0.1, 0.15) is 0 Å². The number of nitrogens with zero attached hydrogens (tertiary/aromatic N) is 2. The van der Waals surface area contributed by atoms with E-state index in [4.69, 9.17) is 5.73 Å². The smallest absolute Gasteiger partial charge is 0.253 e. The van der Waals surface area contributed by atoms with Crippen LogP contribution in [0.2, 0.25) is 0 Å². The van der Waals surface area contributed by atoms with Crippen LogP contribution in [0.3, 0.4) is 0 Å². The third-order valence-electron chi connectivity index (χ3n) is 6.58. The molecule has 2 saturated heterocycles. The molecule has 6 heteroatoms. The minimum Gasteiger partial charge on any atom is -0.342 e. The van der Waals surface area contributed by atoms with Crippen LogP contribution >= 0.6 is 12.4 Å². The van der Waals surface area contributed by atoms with Gasteiger partial charge in [-0.3, -0.25) is 9.59 Å². The molecule has 1 aromatic rings. The molecular formula is C21H30ClN3O2. The van der Waals surface area contributed by atoms with Gasteiger partial charge < -0.3 is 15.5 Å². The molecule has 0 radical (unpaired) electrons. The molecule has 2 amide bonds. The molecule has 27 heavy (non-hydrogen) atoms. The number of amides is 2. The van der Waals surface area contributed by atoms with Gasteiger partial charge in [-0.05, 0) is 56.6 Å². The zero-order valence-corrected chi connectivity index (χ0v) is 16.8. The molecule has 3 aliphatic rings. The van der Waals surface area contributed by atoms with Crippen molar-refractivity contribution in [2.45, 2.75) is 38.6 Å². The monoisotopic (exact) mass is 391 g/mol. The Morgan fingerprint density at radius 3 is 2.44 bits per heavy atom. The van der Waals surface area contributed by atoms with Crippen molar-refractivity contribution in [3.8, 4) is 0 Å². The standard InChI is InChI=1S/C21H29N3O2.ClH/c1-14-4-6-15(7-5-14)20(25)23-10-2-3-17(12-23)21(26)24-11-16-8-9-19(22)18(16)13-24;/h4-7,16-19H,2-3,8-13,22H2,1H3;1H. The SMILES string of the molecule is Cc1ccc(C(=O)N2CCCC(C(=O)N3CC4CCC(N)C4C3)C2)cc1.Cl. The summed E-state index contributed by atoms with van der Waals surface area (Å²) >= 11 is 0. The molecule has 1 saturated carbocycles. The van der Waals surface area contributed by atoms with Crippen LogP contribution in [-0.2, 0) is 4.79 Å². The van der Waals surface area contributed by atoms with Crippen molar-refractivity contribution in [3.05, 3.63) is 35.4 Å². The van der Waals surface area contributed by atoms with Crippen molar-refractivity contribution in [3.63, 3.8) is 0 Å². The molecule has 1 aliphatic carbocycles. The molecule has 5 nitrogen and oxygen atoms in total. The van der Waals surface area contributed by atoms with Crippen LogP contribution in [0, 0.1) is 24.7 Å². The van der Waals surface area contributed by atoms with Gasteiger partial charge in [-0.1, -0.05) is 17.7 Å². The second-order valence-corrected chi connectivity index (χ2v) is 8.36. The van der Waals surface area contributed by atoms with Crippen LogP contribution in [0.25, 0.3) is 0 Å². The molecule has 2 aliphatic heterocycles. The number of carbonyl (C=O) groups excluding carboxylic acids is 2. The number of carbonyl (C=O) groups is 2. The molecular weight excluding hydrogens is 362 g/mol. The molecule has 1 aromatic carbocycles. The number of hydrogen-bond donors (Lipinski definition) is 1.